The van der Waals surface area contributed by atoms with E-state index in [9.17, 15) is 8.78 Å². The van der Waals surface area contributed by atoms with Gasteiger partial charge in [-0.2, -0.15) is 4.39 Å². The minimum Gasteiger partial charge on any atom is -0.379 e. The van der Waals surface area contributed by atoms with E-state index in [4.69, 9.17) is 5.73 Å². The molecule has 0 radical (unpaired) electrons. The van der Waals surface area contributed by atoms with Crippen LogP contribution in [0.3, 0.4) is 0 Å². The van der Waals surface area contributed by atoms with E-state index >= 15 is 0 Å². The Labute approximate surface area is 151 Å². The minimum atomic E-state index is -0.581. The zero-order valence-electron chi connectivity index (χ0n) is 12.4. The van der Waals surface area contributed by atoms with Gasteiger partial charge in [0, 0.05) is 23.1 Å². The molecule has 0 unspecified atom stereocenters. The van der Waals surface area contributed by atoms with Gasteiger partial charge in [-0.1, -0.05) is 11.8 Å². The number of anilines is 1. The van der Waals surface area contributed by atoms with Gasteiger partial charge in [0.1, 0.15) is 5.54 Å². The summed E-state index contributed by atoms with van der Waals surface area (Å²) in [6.07, 6.45) is 2.29. The zero-order valence-corrected chi connectivity index (χ0v) is 14.8. The van der Waals surface area contributed by atoms with E-state index in [1.165, 1.54) is 17.8 Å². The molecule has 24 heavy (non-hydrogen) atoms. The first kappa shape index (κ1) is 17.4. The number of fused-ring (bicyclic) bond motifs is 1. The Balaban J connectivity index is 0.00000169. The van der Waals surface area contributed by atoms with Crippen molar-refractivity contribution in [3.05, 3.63) is 40.4 Å². The second-order valence-electron chi connectivity index (χ2n) is 5.57. The monoisotopic (exact) mass is 389 g/mol. The Kier molecular flexibility index (Phi) is 4.67. The quantitative estimate of drug-likeness (QED) is 0.855. The first-order valence-corrected chi connectivity index (χ1v) is 8.83. The third kappa shape index (κ3) is 2.84. The Morgan fingerprint density at radius 3 is 2.67 bits per heavy atom. The molecule has 0 spiro atoms. The molecular weight excluding hydrogens is 376 g/mol. The molecule has 0 aliphatic carbocycles. The summed E-state index contributed by atoms with van der Waals surface area (Å²) < 4.78 is 26.6. The van der Waals surface area contributed by atoms with Crippen LogP contribution in [0, 0.1) is 16.9 Å². The minimum absolute atomic E-state index is 0. The molecular formula is C14H14ClF2N5S2. The zero-order chi connectivity index (χ0) is 16.0. The second-order valence-corrected chi connectivity index (χ2v) is 7.64. The Hall–Kier alpha value is -1.45. The average Bonchev–Trinajstić information content (AvgIpc) is 3.12. The third-order valence-corrected chi connectivity index (χ3v) is 6.18. The van der Waals surface area contributed by atoms with E-state index in [2.05, 4.69) is 15.0 Å². The number of aromatic nitrogens is 2. The summed E-state index contributed by atoms with van der Waals surface area (Å²) in [5, 5.41) is 0.272. The van der Waals surface area contributed by atoms with Crippen molar-refractivity contribution in [2.45, 2.75) is 5.54 Å². The molecule has 10 heteroatoms. The maximum atomic E-state index is 13.6. The van der Waals surface area contributed by atoms with Crippen molar-refractivity contribution in [1.29, 1.82) is 0 Å². The summed E-state index contributed by atoms with van der Waals surface area (Å²) in [6, 6.07) is 3.23. The van der Waals surface area contributed by atoms with Crippen LogP contribution in [0.2, 0.25) is 0 Å². The topological polar surface area (TPSA) is 67.4 Å². The number of thioether (sulfide) groups is 1. The lowest BCUT2D eigenvalue weighted by atomic mass is 9.87. The highest BCUT2D eigenvalue weighted by molar-refractivity contribution is 8.13. The number of nitrogens with two attached hydrogens (primary N) is 1. The fourth-order valence-corrected chi connectivity index (χ4v) is 5.05. The summed E-state index contributed by atoms with van der Waals surface area (Å²) in [7, 11) is 0. The van der Waals surface area contributed by atoms with E-state index in [1.807, 2.05) is 4.90 Å². The lowest BCUT2D eigenvalue weighted by Crippen LogP contribution is -2.39. The van der Waals surface area contributed by atoms with Gasteiger partial charge in [0.25, 0.3) is 0 Å². The van der Waals surface area contributed by atoms with Gasteiger partial charge in [0.05, 0.1) is 18.9 Å². The van der Waals surface area contributed by atoms with Gasteiger partial charge in [-0.3, -0.25) is 0 Å². The van der Waals surface area contributed by atoms with Gasteiger partial charge in [-0.05, 0) is 12.1 Å². The predicted molar refractivity (Wildman–Crippen MR) is 95.0 cm³/mol. The van der Waals surface area contributed by atoms with Crippen molar-refractivity contribution in [2.75, 3.05) is 23.7 Å². The van der Waals surface area contributed by atoms with Gasteiger partial charge < -0.3 is 10.6 Å². The number of rotatable bonds is 2. The average molecular weight is 390 g/mol. The number of hydrogen-bond acceptors (Lipinski definition) is 7. The van der Waals surface area contributed by atoms with Gasteiger partial charge in [-0.15, -0.1) is 23.7 Å². The second kappa shape index (κ2) is 6.45. The molecule has 2 N–H and O–H groups in total. The summed E-state index contributed by atoms with van der Waals surface area (Å²) in [4.78, 5) is 15.6. The number of hydrogen-bond donors (Lipinski definition) is 1. The highest BCUT2D eigenvalue weighted by Gasteiger charge is 2.51. The number of nitrogens with zero attached hydrogens (tertiary/aromatic N) is 4. The lowest BCUT2D eigenvalue weighted by molar-refractivity contribution is 0.395. The molecule has 4 rings (SSSR count). The molecule has 0 saturated carbocycles. The molecule has 1 fully saturated rings. The molecule has 0 amide bonds. The molecule has 2 atom stereocenters. The van der Waals surface area contributed by atoms with E-state index in [-0.39, 0.29) is 23.5 Å². The van der Waals surface area contributed by atoms with Crippen molar-refractivity contribution < 1.29 is 8.78 Å². The normalized spacial score (nSPS) is 25.8. The van der Waals surface area contributed by atoms with Crippen LogP contribution in [0.25, 0.3) is 0 Å². The first-order chi connectivity index (χ1) is 11.1. The Bertz CT molecular complexity index is 769. The van der Waals surface area contributed by atoms with Gasteiger partial charge >= 0.3 is 0 Å². The maximum absolute atomic E-state index is 13.6. The molecule has 4 heterocycles. The van der Waals surface area contributed by atoms with Crippen molar-refractivity contribution in [2.24, 2.45) is 16.6 Å². The fraction of sp³-hybridized carbons (Fsp3) is 0.357. The van der Waals surface area contributed by atoms with E-state index in [0.717, 1.165) is 34.4 Å². The molecule has 1 saturated heterocycles. The van der Waals surface area contributed by atoms with E-state index in [0.29, 0.717) is 24.2 Å². The molecule has 2 aliphatic heterocycles. The summed E-state index contributed by atoms with van der Waals surface area (Å²) in [6.45, 7) is 1.18. The Morgan fingerprint density at radius 2 is 2.00 bits per heavy atom. The highest BCUT2D eigenvalue weighted by Crippen LogP contribution is 2.47. The number of aliphatic imine (C=N–C) groups is 1. The van der Waals surface area contributed by atoms with Crippen LogP contribution in [0.4, 0.5) is 14.7 Å². The molecule has 2 aliphatic rings. The van der Waals surface area contributed by atoms with Crippen molar-refractivity contribution in [3.8, 4) is 0 Å². The van der Waals surface area contributed by atoms with Crippen LogP contribution in [-0.4, -0.2) is 34.0 Å². The van der Waals surface area contributed by atoms with Gasteiger partial charge in [0.15, 0.2) is 16.1 Å². The maximum Gasteiger partial charge on any atom is 0.225 e. The molecule has 0 aromatic carbocycles. The first-order valence-electron chi connectivity index (χ1n) is 7.03. The summed E-state index contributed by atoms with van der Waals surface area (Å²) >= 11 is 2.60. The van der Waals surface area contributed by atoms with E-state index < -0.39 is 11.4 Å². The van der Waals surface area contributed by atoms with Gasteiger partial charge in [-0.25, -0.2) is 19.4 Å². The van der Waals surface area contributed by atoms with Crippen molar-refractivity contribution >= 4 is 46.6 Å². The van der Waals surface area contributed by atoms with Crippen LogP contribution in [-0.2, 0) is 5.54 Å². The molecule has 5 nitrogen and oxygen atoms in total. The Morgan fingerprint density at radius 1 is 1.25 bits per heavy atom. The van der Waals surface area contributed by atoms with Crippen molar-refractivity contribution in [1.82, 2.24) is 9.97 Å². The number of halogens is 3. The van der Waals surface area contributed by atoms with E-state index in [1.54, 1.807) is 6.07 Å². The summed E-state index contributed by atoms with van der Waals surface area (Å²) in [5.41, 5.74) is 5.37. The molecule has 0 bridgehead atoms. The highest BCUT2D eigenvalue weighted by atomic mass is 35.5. The van der Waals surface area contributed by atoms with Crippen LogP contribution >= 0.6 is 35.5 Å². The smallest absolute Gasteiger partial charge is 0.225 e. The summed E-state index contributed by atoms with van der Waals surface area (Å²) in [5.74, 6) is 0.952. The van der Waals surface area contributed by atoms with Crippen LogP contribution in [0.5, 0.6) is 0 Å². The molecule has 2 aromatic heterocycles. The third-order valence-electron chi connectivity index (χ3n) is 4.18. The fourth-order valence-electron chi connectivity index (χ4n) is 3.14. The van der Waals surface area contributed by atoms with Crippen LogP contribution in [0.15, 0.2) is 29.5 Å². The predicted octanol–water partition coefficient (Wildman–Crippen LogP) is 2.63. The van der Waals surface area contributed by atoms with Crippen molar-refractivity contribution in [3.63, 3.8) is 0 Å². The van der Waals surface area contributed by atoms with Crippen LogP contribution in [0.1, 0.15) is 4.88 Å². The number of amidine groups is 1. The molecule has 128 valence electrons. The molecule has 2 aromatic rings. The standard InChI is InChI=1S/C14H13F2N5S2.ClH/c15-9-3-18-13(19-4-9)21-5-8-6-22-12(17)20-14(8,7-21)10-1-2-11(16)23-10;/h1-4,8H,5-7H2,(H2,17,20);1H/t8-,14-;/m0./s1. The SMILES string of the molecule is Cl.NC1=N[C@@]2(c3ccc(F)s3)CN(c3ncc(F)cn3)C[C@H]2CS1. The van der Waals surface area contributed by atoms with Crippen LogP contribution < -0.4 is 10.6 Å². The number of thiophene rings is 1. The van der Waals surface area contributed by atoms with Gasteiger partial charge in [0.2, 0.25) is 5.95 Å². The largest absolute Gasteiger partial charge is 0.379 e. The lowest BCUT2D eigenvalue weighted by Gasteiger charge is -2.33.